The molecule has 0 fully saturated rings. The van der Waals surface area contributed by atoms with E-state index < -0.39 is 5.97 Å². The third kappa shape index (κ3) is 4.65. The van der Waals surface area contributed by atoms with Crippen molar-refractivity contribution in [2.45, 2.75) is 26.2 Å². The third-order valence-electron chi connectivity index (χ3n) is 2.82. The summed E-state index contributed by atoms with van der Waals surface area (Å²) in [4.78, 5) is 23.7. The molecule has 0 aliphatic rings. The fourth-order valence-electron chi connectivity index (χ4n) is 1.72. The molecule has 1 aromatic heterocycles. The summed E-state index contributed by atoms with van der Waals surface area (Å²) in [5, 5.41) is 15.7. The van der Waals surface area contributed by atoms with Gasteiger partial charge in [0.25, 0.3) is 0 Å². The van der Waals surface area contributed by atoms with Gasteiger partial charge in [0.05, 0.1) is 18.6 Å². The Morgan fingerprint density at radius 1 is 1.36 bits per heavy atom. The van der Waals surface area contributed by atoms with Crippen LogP contribution in [-0.4, -0.2) is 39.1 Å². The van der Waals surface area contributed by atoms with Gasteiger partial charge in [-0.3, -0.25) is 4.79 Å². The lowest BCUT2D eigenvalue weighted by molar-refractivity contribution is -0.115. The number of nitrogens with zero attached hydrogens (tertiary/aromatic N) is 3. The summed E-state index contributed by atoms with van der Waals surface area (Å²) in [6.45, 7) is 2.41. The zero-order chi connectivity index (χ0) is 15.8. The maximum atomic E-state index is 11.8. The van der Waals surface area contributed by atoms with E-state index in [0.29, 0.717) is 23.7 Å². The first-order valence-electron chi connectivity index (χ1n) is 6.98. The minimum Gasteiger partial charge on any atom is -0.462 e. The van der Waals surface area contributed by atoms with Crippen molar-refractivity contribution in [1.82, 2.24) is 20.6 Å². The molecule has 1 amide bonds. The van der Waals surface area contributed by atoms with Crippen LogP contribution in [0.2, 0.25) is 0 Å². The van der Waals surface area contributed by atoms with E-state index in [9.17, 15) is 9.59 Å². The average Bonchev–Trinajstić information content (AvgIpc) is 3.00. The van der Waals surface area contributed by atoms with Crippen molar-refractivity contribution in [2.75, 3.05) is 11.9 Å². The fourth-order valence-corrected chi connectivity index (χ4v) is 1.72. The molecule has 0 radical (unpaired) electrons. The van der Waals surface area contributed by atoms with Gasteiger partial charge in [-0.25, -0.2) is 4.79 Å². The van der Waals surface area contributed by atoms with Crippen LogP contribution in [0.3, 0.4) is 0 Å². The summed E-state index contributed by atoms with van der Waals surface area (Å²) >= 11 is 0. The molecule has 8 heteroatoms. The summed E-state index contributed by atoms with van der Waals surface area (Å²) in [5.74, 6) is -0.395. The first-order valence-corrected chi connectivity index (χ1v) is 6.98. The molecule has 1 aromatic carbocycles. The van der Waals surface area contributed by atoms with Gasteiger partial charge in [0, 0.05) is 5.69 Å². The monoisotopic (exact) mass is 303 g/mol. The Balaban J connectivity index is 1.93. The van der Waals surface area contributed by atoms with E-state index in [1.807, 2.05) is 6.92 Å². The number of carbonyl (C=O) groups is 2. The lowest BCUT2D eigenvalue weighted by Gasteiger charge is -2.07. The molecule has 22 heavy (non-hydrogen) atoms. The summed E-state index contributed by atoms with van der Waals surface area (Å²) in [5.41, 5.74) is 0.909. The van der Waals surface area contributed by atoms with Gasteiger partial charge in [-0.2, -0.15) is 5.21 Å². The molecule has 0 atom stereocenters. The molecule has 0 unspecified atom stereocenters. The summed E-state index contributed by atoms with van der Waals surface area (Å²) in [6.07, 6.45) is 1.79. The molecule has 2 rings (SSSR count). The van der Waals surface area contributed by atoms with E-state index in [-0.39, 0.29) is 12.3 Å². The van der Waals surface area contributed by atoms with Crippen molar-refractivity contribution in [1.29, 1.82) is 0 Å². The van der Waals surface area contributed by atoms with E-state index in [4.69, 9.17) is 4.74 Å². The molecular formula is C14H17N5O3. The van der Waals surface area contributed by atoms with Crippen LogP contribution in [-0.2, 0) is 16.0 Å². The molecule has 116 valence electrons. The Hall–Kier alpha value is -2.77. The molecule has 0 spiro atoms. The van der Waals surface area contributed by atoms with E-state index in [1.165, 1.54) is 0 Å². The normalized spacial score (nSPS) is 10.2. The summed E-state index contributed by atoms with van der Waals surface area (Å²) < 4.78 is 5.13. The average molecular weight is 303 g/mol. The smallest absolute Gasteiger partial charge is 0.338 e. The number of unbranched alkanes of at least 4 members (excludes halogenated alkanes) is 1. The Kier molecular flexibility index (Phi) is 5.58. The van der Waals surface area contributed by atoms with Crippen LogP contribution in [0.25, 0.3) is 0 Å². The van der Waals surface area contributed by atoms with Crippen molar-refractivity contribution in [2.24, 2.45) is 0 Å². The van der Waals surface area contributed by atoms with E-state index in [1.54, 1.807) is 24.3 Å². The van der Waals surface area contributed by atoms with Crippen LogP contribution in [0.4, 0.5) is 5.69 Å². The van der Waals surface area contributed by atoms with Gasteiger partial charge in [0.2, 0.25) is 5.91 Å². The van der Waals surface area contributed by atoms with Crippen LogP contribution in [0, 0.1) is 0 Å². The maximum Gasteiger partial charge on any atom is 0.338 e. The van der Waals surface area contributed by atoms with Crippen LogP contribution in [0.5, 0.6) is 0 Å². The number of aromatic nitrogens is 4. The number of hydrogen-bond donors (Lipinski definition) is 2. The standard InChI is InChI=1S/C14H17N5O3/c1-2-3-7-22-14(21)10-5-4-6-11(8-10)15-13(20)9-12-16-18-19-17-12/h4-6,8H,2-3,7,9H2,1H3,(H,15,20)(H,16,17,18,19). The van der Waals surface area contributed by atoms with Crippen molar-refractivity contribution in [3.63, 3.8) is 0 Å². The minimum atomic E-state index is -0.400. The summed E-state index contributed by atoms with van der Waals surface area (Å²) in [7, 11) is 0. The zero-order valence-corrected chi connectivity index (χ0v) is 12.2. The third-order valence-corrected chi connectivity index (χ3v) is 2.82. The lowest BCUT2D eigenvalue weighted by atomic mass is 10.2. The van der Waals surface area contributed by atoms with Crippen molar-refractivity contribution >= 4 is 17.6 Å². The number of anilines is 1. The number of benzene rings is 1. The molecule has 0 saturated heterocycles. The minimum absolute atomic E-state index is 0.00166. The number of ether oxygens (including phenoxy) is 1. The zero-order valence-electron chi connectivity index (χ0n) is 12.2. The maximum absolute atomic E-state index is 11.8. The molecule has 0 bridgehead atoms. The molecule has 0 saturated carbocycles. The number of aromatic amines is 1. The predicted octanol–water partition coefficient (Wildman–Crippen LogP) is 1.34. The van der Waals surface area contributed by atoms with Gasteiger partial charge in [0.15, 0.2) is 5.82 Å². The second kappa shape index (κ2) is 7.87. The van der Waals surface area contributed by atoms with Crippen LogP contribution in [0.1, 0.15) is 35.9 Å². The van der Waals surface area contributed by atoms with Gasteiger partial charge >= 0.3 is 5.97 Å². The second-order valence-corrected chi connectivity index (χ2v) is 4.62. The molecule has 0 aliphatic heterocycles. The highest BCUT2D eigenvalue weighted by atomic mass is 16.5. The van der Waals surface area contributed by atoms with Gasteiger partial charge in [0.1, 0.15) is 0 Å². The van der Waals surface area contributed by atoms with E-state index >= 15 is 0 Å². The van der Waals surface area contributed by atoms with Crippen molar-refractivity contribution < 1.29 is 14.3 Å². The number of carbonyl (C=O) groups excluding carboxylic acids is 2. The molecule has 0 aliphatic carbocycles. The largest absolute Gasteiger partial charge is 0.462 e. The number of nitrogens with one attached hydrogen (secondary N) is 2. The molecule has 8 nitrogen and oxygen atoms in total. The van der Waals surface area contributed by atoms with Crippen LogP contribution >= 0.6 is 0 Å². The van der Waals surface area contributed by atoms with Gasteiger partial charge in [-0.1, -0.05) is 24.6 Å². The molecule has 2 N–H and O–H groups in total. The number of rotatable bonds is 7. The summed E-state index contributed by atoms with van der Waals surface area (Å²) in [6, 6.07) is 6.59. The first-order chi connectivity index (χ1) is 10.7. The van der Waals surface area contributed by atoms with Crippen LogP contribution in [0.15, 0.2) is 24.3 Å². The highest BCUT2D eigenvalue weighted by Crippen LogP contribution is 2.12. The van der Waals surface area contributed by atoms with Gasteiger partial charge < -0.3 is 10.1 Å². The van der Waals surface area contributed by atoms with Gasteiger partial charge in [-0.15, -0.1) is 10.2 Å². The second-order valence-electron chi connectivity index (χ2n) is 4.62. The first kappa shape index (κ1) is 15.6. The van der Waals surface area contributed by atoms with Gasteiger partial charge in [-0.05, 0) is 24.6 Å². The predicted molar refractivity (Wildman–Crippen MR) is 78.1 cm³/mol. The van der Waals surface area contributed by atoms with E-state index in [2.05, 4.69) is 25.9 Å². The van der Waals surface area contributed by atoms with Crippen molar-refractivity contribution in [3.8, 4) is 0 Å². The highest BCUT2D eigenvalue weighted by Gasteiger charge is 2.10. The fraction of sp³-hybridized carbons (Fsp3) is 0.357. The number of amides is 1. The highest BCUT2D eigenvalue weighted by molar-refractivity contribution is 5.95. The Morgan fingerprint density at radius 3 is 2.95 bits per heavy atom. The number of hydrogen-bond acceptors (Lipinski definition) is 6. The Labute approximate surface area is 127 Å². The Bertz CT molecular complexity index is 627. The SMILES string of the molecule is CCCCOC(=O)c1cccc(NC(=O)Cc2nn[nH]n2)c1. The lowest BCUT2D eigenvalue weighted by Crippen LogP contribution is -2.16. The topological polar surface area (TPSA) is 110 Å². The van der Waals surface area contributed by atoms with Crippen molar-refractivity contribution in [3.05, 3.63) is 35.7 Å². The van der Waals surface area contributed by atoms with Crippen LogP contribution < -0.4 is 5.32 Å². The molecule has 1 heterocycles. The number of esters is 1. The number of tetrazole rings is 1. The quantitative estimate of drug-likeness (QED) is 0.590. The molecular weight excluding hydrogens is 286 g/mol. The molecule has 2 aromatic rings. The Morgan fingerprint density at radius 2 is 2.23 bits per heavy atom. The number of H-pyrrole nitrogens is 1. The van der Waals surface area contributed by atoms with E-state index in [0.717, 1.165) is 12.8 Å².